The van der Waals surface area contributed by atoms with Crippen LogP contribution in [-0.2, 0) is 21.4 Å². The van der Waals surface area contributed by atoms with Crippen molar-refractivity contribution < 1.29 is 22.4 Å². The fourth-order valence-corrected chi connectivity index (χ4v) is 6.81. The number of rotatable bonds is 7. The number of halogens is 3. The van der Waals surface area contributed by atoms with Crippen LogP contribution in [0.4, 0.5) is 10.1 Å². The number of nitrogens with zero attached hydrogens (tertiary/aromatic N) is 3. The molecule has 3 aromatic rings. The third kappa shape index (κ3) is 6.67. The predicted molar refractivity (Wildman–Crippen MR) is 156 cm³/mol. The van der Waals surface area contributed by atoms with Crippen LogP contribution >= 0.6 is 23.2 Å². The van der Waals surface area contributed by atoms with Crippen LogP contribution in [0, 0.1) is 5.82 Å². The highest BCUT2D eigenvalue weighted by Crippen LogP contribution is 2.28. The summed E-state index contributed by atoms with van der Waals surface area (Å²) in [6.07, 6.45) is 1.69. The normalized spacial score (nSPS) is 18.4. The van der Waals surface area contributed by atoms with Gasteiger partial charge in [0, 0.05) is 39.3 Å². The number of nitrogens with one attached hydrogen (secondary N) is 1. The van der Waals surface area contributed by atoms with Crippen molar-refractivity contribution in [1.82, 2.24) is 14.7 Å². The summed E-state index contributed by atoms with van der Waals surface area (Å²) in [7, 11) is -4.15. The highest BCUT2D eigenvalue weighted by molar-refractivity contribution is 7.92. The molecule has 0 aromatic heterocycles. The highest BCUT2D eigenvalue weighted by Gasteiger charge is 2.36. The van der Waals surface area contributed by atoms with Crippen molar-refractivity contribution in [3.63, 3.8) is 0 Å². The Morgan fingerprint density at radius 2 is 1.66 bits per heavy atom. The van der Waals surface area contributed by atoms with Gasteiger partial charge in [0.15, 0.2) is 0 Å². The lowest BCUT2D eigenvalue weighted by molar-refractivity contribution is -0.141. The molecule has 5 rings (SSSR count). The Labute approximate surface area is 248 Å². The largest absolute Gasteiger partial charge is 0.337 e. The zero-order valence-corrected chi connectivity index (χ0v) is 24.4. The molecule has 0 saturated carbocycles. The number of anilines is 1. The van der Waals surface area contributed by atoms with Gasteiger partial charge in [-0.25, -0.2) is 12.8 Å². The van der Waals surface area contributed by atoms with Gasteiger partial charge in [0.25, 0.3) is 15.9 Å². The van der Waals surface area contributed by atoms with E-state index in [1.165, 1.54) is 24.3 Å². The zero-order chi connectivity index (χ0) is 29.1. The molecule has 12 heteroatoms. The summed E-state index contributed by atoms with van der Waals surface area (Å²) in [5, 5.41) is 0.0200. The molecule has 8 nitrogen and oxygen atoms in total. The second-order valence-corrected chi connectivity index (χ2v) is 12.6. The van der Waals surface area contributed by atoms with Crippen LogP contribution in [-0.4, -0.2) is 73.7 Å². The lowest BCUT2D eigenvalue weighted by Gasteiger charge is -2.42. The molecule has 216 valence electrons. The number of likely N-dealkylation sites (tertiary alicyclic amines) is 1. The molecule has 41 heavy (non-hydrogen) atoms. The number of piperidine rings is 1. The lowest BCUT2D eigenvalue weighted by atomic mass is 10.0. The molecular weight excluding hydrogens is 590 g/mol. The van der Waals surface area contributed by atoms with E-state index in [2.05, 4.69) is 9.62 Å². The second kappa shape index (κ2) is 12.4. The molecule has 0 radical (unpaired) electrons. The summed E-state index contributed by atoms with van der Waals surface area (Å²) >= 11 is 12.3. The molecule has 1 unspecified atom stereocenters. The fraction of sp³-hybridized carbons (Fsp3) is 0.310. The number of hydrogen-bond donors (Lipinski definition) is 1. The van der Waals surface area contributed by atoms with E-state index < -0.39 is 21.7 Å². The van der Waals surface area contributed by atoms with Gasteiger partial charge >= 0.3 is 0 Å². The molecule has 2 heterocycles. The summed E-state index contributed by atoms with van der Waals surface area (Å²) in [5.41, 5.74) is 1.15. The molecule has 0 bridgehead atoms. The SMILES string of the molecule is O=C(c1cc(S(=O)(=O)Nc2ccc(F)cc2Cl)ccc1Cl)N1CCN(C2CCCN(Cc3ccccc3)C2=O)CC1. The minimum atomic E-state index is -4.15. The molecule has 3 aromatic carbocycles. The van der Waals surface area contributed by atoms with Crippen molar-refractivity contribution in [1.29, 1.82) is 0 Å². The molecule has 2 fully saturated rings. The first-order valence-corrected chi connectivity index (χ1v) is 15.5. The average molecular weight is 620 g/mol. The van der Waals surface area contributed by atoms with Crippen molar-refractivity contribution in [3.8, 4) is 0 Å². The van der Waals surface area contributed by atoms with E-state index in [1.807, 2.05) is 35.2 Å². The summed E-state index contributed by atoms with van der Waals surface area (Å²) < 4.78 is 41.7. The monoisotopic (exact) mass is 618 g/mol. The minimum Gasteiger partial charge on any atom is -0.337 e. The average Bonchev–Trinajstić information content (AvgIpc) is 2.96. The first kappa shape index (κ1) is 29.3. The Kier molecular flexibility index (Phi) is 8.84. The Morgan fingerprint density at radius 1 is 0.927 bits per heavy atom. The maximum absolute atomic E-state index is 13.4. The van der Waals surface area contributed by atoms with Gasteiger partial charge < -0.3 is 9.80 Å². The first-order chi connectivity index (χ1) is 19.6. The molecule has 2 aliphatic heterocycles. The number of benzene rings is 3. The van der Waals surface area contributed by atoms with Crippen molar-refractivity contribution in [2.75, 3.05) is 37.4 Å². The van der Waals surface area contributed by atoms with E-state index in [1.54, 1.807) is 4.90 Å². The number of hydrogen-bond acceptors (Lipinski definition) is 5. The summed E-state index contributed by atoms with van der Waals surface area (Å²) in [6.45, 7) is 3.08. The molecule has 2 amide bonds. The molecule has 0 aliphatic carbocycles. The van der Waals surface area contributed by atoms with Gasteiger partial charge in [-0.15, -0.1) is 0 Å². The Balaban J connectivity index is 1.24. The van der Waals surface area contributed by atoms with E-state index >= 15 is 0 Å². The van der Waals surface area contributed by atoms with Gasteiger partial charge in [-0.05, 0) is 54.8 Å². The number of carbonyl (C=O) groups is 2. The van der Waals surface area contributed by atoms with Crippen molar-refractivity contribution in [3.05, 3.63) is 93.7 Å². The Hall–Kier alpha value is -3.18. The zero-order valence-electron chi connectivity index (χ0n) is 22.1. The Morgan fingerprint density at radius 3 is 2.37 bits per heavy atom. The first-order valence-electron chi connectivity index (χ1n) is 13.3. The van der Waals surface area contributed by atoms with E-state index in [4.69, 9.17) is 23.2 Å². The van der Waals surface area contributed by atoms with E-state index in [0.717, 1.165) is 37.1 Å². The maximum atomic E-state index is 13.4. The quantitative estimate of drug-likeness (QED) is 0.407. The summed E-state index contributed by atoms with van der Waals surface area (Å²) in [6, 6.07) is 16.8. The van der Waals surface area contributed by atoms with Crippen LogP contribution < -0.4 is 4.72 Å². The number of carbonyl (C=O) groups excluding carboxylic acids is 2. The fourth-order valence-electron chi connectivity index (χ4n) is 5.24. The number of amides is 2. The van der Waals surface area contributed by atoms with Crippen molar-refractivity contribution >= 4 is 50.7 Å². The van der Waals surface area contributed by atoms with Crippen LogP contribution in [0.3, 0.4) is 0 Å². The van der Waals surface area contributed by atoms with Crippen molar-refractivity contribution in [2.45, 2.75) is 30.3 Å². The van der Waals surface area contributed by atoms with E-state index in [0.29, 0.717) is 32.7 Å². The predicted octanol–water partition coefficient (Wildman–Crippen LogP) is 4.88. The summed E-state index contributed by atoms with van der Waals surface area (Å²) in [5.74, 6) is -0.892. The van der Waals surface area contributed by atoms with Gasteiger partial charge in [-0.3, -0.25) is 19.2 Å². The van der Waals surface area contributed by atoms with Crippen LogP contribution in [0.5, 0.6) is 0 Å². The van der Waals surface area contributed by atoms with Gasteiger partial charge in [0.2, 0.25) is 5.91 Å². The third-order valence-corrected chi connectivity index (χ3v) is 9.42. The third-order valence-electron chi connectivity index (χ3n) is 7.41. The van der Waals surface area contributed by atoms with Gasteiger partial charge in [-0.2, -0.15) is 0 Å². The number of sulfonamides is 1. The lowest BCUT2D eigenvalue weighted by Crippen LogP contribution is -2.58. The molecule has 1 atom stereocenters. The second-order valence-electron chi connectivity index (χ2n) is 10.1. The minimum absolute atomic E-state index is 0.00612. The molecular formula is C29H29Cl2FN4O4S. The number of piperazine rings is 1. The van der Waals surface area contributed by atoms with Crippen molar-refractivity contribution in [2.24, 2.45) is 0 Å². The van der Waals surface area contributed by atoms with Crippen LogP contribution in [0.1, 0.15) is 28.8 Å². The topological polar surface area (TPSA) is 90.0 Å². The molecule has 2 saturated heterocycles. The Bertz CT molecular complexity index is 1550. The van der Waals surface area contributed by atoms with E-state index in [-0.39, 0.29) is 38.1 Å². The smallest absolute Gasteiger partial charge is 0.261 e. The standard InChI is InChI=1S/C29H29Cl2FN4O4S/c30-24-10-9-22(41(39,40)33-26-11-8-21(32)17-25(26)31)18-23(24)28(37)35-15-13-34(14-16-35)27-7-4-12-36(29(27)38)19-20-5-2-1-3-6-20/h1-3,5-6,8-11,17-18,27,33H,4,7,12-16,19H2. The molecule has 2 aliphatic rings. The van der Waals surface area contributed by atoms with Gasteiger partial charge in [-0.1, -0.05) is 53.5 Å². The van der Waals surface area contributed by atoms with Crippen LogP contribution in [0.15, 0.2) is 71.6 Å². The van der Waals surface area contributed by atoms with Gasteiger partial charge in [0.05, 0.1) is 32.2 Å². The molecule has 1 N–H and O–H groups in total. The van der Waals surface area contributed by atoms with Crippen LogP contribution in [0.25, 0.3) is 0 Å². The molecule has 0 spiro atoms. The van der Waals surface area contributed by atoms with E-state index in [9.17, 15) is 22.4 Å². The van der Waals surface area contributed by atoms with Crippen LogP contribution in [0.2, 0.25) is 10.0 Å². The summed E-state index contributed by atoms with van der Waals surface area (Å²) in [4.78, 5) is 32.2. The highest BCUT2D eigenvalue weighted by atomic mass is 35.5. The maximum Gasteiger partial charge on any atom is 0.261 e. The van der Waals surface area contributed by atoms with Gasteiger partial charge in [0.1, 0.15) is 5.82 Å².